The summed E-state index contributed by atoms with van der Waals surface area (Å²) in [5.74, 6) is 1.74. The first-order valence-corrected chi connectivity index (χ1v) is 5.74. The van der Waals surface area contributed by atoms with Crippen LogP contribution in [0.5, 0.6) is 11.5 Å². The second-order valence-corrected chi connectivity index (χ2v) is 3.71. The Balaban J connectivity index is 3.14. The van der Waals surface area contributed by atoms with Gasteiger partial charge in [-0.05, 0) is 18.6 Å². The lowest BCUT2D eigenvalue weighted by molar-refractivity contribution is 0.112. The molecule has 0 aliphatic carbocycles. The van der Waals surface area contributed by atoms with Crippen LogP contribution in [-0.4, -0.2) is 26.4 Å². The summed E-state index contributed by atoms with van der Waals surface area (Å²) in [5.41, 5.74) is 1.33. The van der Waals surface area contributed by atoms with E-state index in [0.717, 1.165) is 18.3 Å². The van der Waals surface area contributed by atoms with E-state index in [1.807, 2.05) is 12.2 Å². The lowest BCUT2D eigenvalue weighted by Crippen LogP contribution is -1.95. The molecule has 1 rings (SSSR count). The molecule has 17 heavy (non-hydrogen) atoms. The first-order valence-electron chi connectivity index (χ1n) is 5.20. The molecule has 0 fully saturated rings. The number of alkyl halides is 1. The van der Waals surface area contributed by atoms with E-state index in [0.29, 0.717) is 22.9 Å². The number of hydrogen-bond acceptors (Lipinski definition) is 3. The number of carbonyl (C=O) groups excluding carboxylic acids is 1. The Hall–Kier alpha value is -1.48. The molecule has 0 unspecified atom stereocenters. The molecule has 0 amide bonds. The summed E-state index contributed by atoms with van der Waals surface area (Å²) in [7, 11) is 3.09. The minimum absolute atomic E-state index is 0.471. The Kier molecular flexibility index (Phi) is 5.57. The number of ether oxygens (including phenoxy) is 2. The van der Waals surface area contributed by atoms with Crippen molar-refractivity contribution in [3.8, 4) is 11.5 Å². The minimum Gasteiger partial charge on any atom is -0.496 e. The van der Waals surface area contributed by atoms with E-state index in [1.54, 1.807) is 19.2 Å². The van der Waals surface area contributed by atoms with Crippen LogP contribution in [0.25, 0.3) is 6.08 Å². The third-order valence-electron chi connectivity index (χ3n) is 2.28. The van der Waals surface area contributed by atoms with Gasteiger partial charge in [0.15, 0.2) is 6.29 Å². The lowest BCUT2D eigenvalue weighted by atomic mass is 10.1. The predicted octanol–water partition coefficient (Wildman–Crippen LogP) is 3.16. The molecule has 0 radical (unpaired) electrons. The van der Waals surface area contributed by atoms with Crippen LogP contribution in [0.4, 0.5) is 0 Å². The van der Waals surface area contributed by atoms with Gasteiger partial charge in [0.05, 0.1) is 19.8 Å². The summed E-state index contributed by atoms with van der Waals surface area (Å²) in [6.45, 7) is 0. The third-order valence-corrected chi connectivity index (χ3v) is 2.50. The fourth-order valence-corrected chi connectivity index (χ4v) is 1.57. The van der Waals surface area contributed by atoms with E-state index < -0.39 is 0 Å². The second kappa shape index (κ2) is 6.97. The zero-order valence-electron chi connectivity index (χ0n) is 9.90. The van der Waals surface area contributed by atoms with Crippen molar-refractivity contribution in [1.29, 1.82) is 0 Å². The summed E-state index contributed by atoms with van der Waals surface area (Å²) in [6.07, 6.45) is 5.37. The molecule has 92 valence electrons. The number of aldehydes is 1. The van der Waals surface area contributed by atoms with E-state index in [9.17, 15) is 4.79 Å². The number of allylic oxidation sites excluding steroid dienone is 1. The molecule has 3 nitrogen and oxygen atoms in total. The SMILES string of the molecule is COc1cc(C=CCCCl)c(OC)cc1C=O. The molecular formula is C13H15ClO3. The van der Waals surface area contributed by atoms with Gasteiger partial charge in [-0.2, -0.15) is 0 Å². The van der Waals surface area contributed by atoms with E-state index in [2.05, 4.69) is 0 Å². The van der Waals surface area contributed by atoms with Crippen LogP contribution in [0.2, 0.25) is 0 Å². The van der Waals surface area contributed by atoms with Crippen molar-refractivity contribution in [2.24, 2.45) is 0 Å². The van der Waals surface area contributed by atoms with Crippen LogP contribution in [0.15, 0.2) is 18.2 Å². The Labute approximate surface area is 106 Å². The maximum absolute atomic E-state index is 10.9. The zero-order chi connectivity index (χ0) is 12.7. The standard InChI is InChI=1S/C13H15ClO3/c1-16-12-8-11(9-15)13(17-2)7-10(12)5-3-4-6-14/h3,5,7-9H,4,6H2,1-2H3. The topological polar surface area (TPSA) is 35.5 Å². The molecule has 1 aromatic rings. The van der Waals surface area contributed by atoms with Gasteiger partial charge in [-0.1, -0.05) is 12.2 Å². The first-order chi connectivity index (χ1) is 8.26. The highest BCUT2D eigenvalue weighted by atomic mass is 35.5. The molecule has 0 saturated heterocycles. The Morgan fingerprint density at radius 1 is 1.18 bits per heavy atom. The van der Waals surface area contributed by atoms with Crippen molar-refractivity contribution in [1.82, 2.24) is 0 Å². The van der Waals surface area contributed by atoms with Crippen molar-refractivity contribution in [2.45, 2.75) is 6.42 Å². The van der Waals surface area contributed by atoms with Crippen LogP contribution in [-0.2, 0) is 0 Å². The Bertz CT molecular complexity index is 413. The van der Waals surface area contributed by atoms with Crippen molar-refractivity contribution in [3.63, 3.8) is 0 Å². The summed E-state index contributed by atoms with van der Waals surface area (Å²) in [6, 6.07) is 3.43. The number of halogens is 1. The minimum atomic E-state index is 0.471. The highest BCUT2D eigenvalue weighted by molar-refractivity contribution is 6.17. The fraction of sp³-hybridized carbons (Fsp3) is 0.308. The maximum Gasteiger partial charge on any atom is 0.153 e. The fourth-order valence-electron chi connectivity index (χ4n) is 1.44. The lowest BCUT2D eigenvalue weighted by Gasteiger charge is -2.09. The summed E-state index contributed by atoms with van der Waals surface area (Å²) >= 11 is 5.59. The highest BCUT2D eigenvalue weighted by Gasteiger charge is 2.08. The van der Waals surface area contributed by atoms with Crippen molar-refractivity contribution in [3.05, 3.63) is 29.3 Å². The number of benzene rings is 1. The molecule has 0 saturated carbocycles. The molecule has 0 N–H and O–H groups in total. The van der Waals surface area contributed by atoms with Crippen molar-refractivity contribution < 1.29 is 14.3 Å². The molecule has 0 aliphatic heterocycles. The van der Waals surface area contributed by atoms with Gasteiger partial charge in [0.2, 0.25) is 0 Å². The van der Waals surface area contributed by atoms with Crippen LogP contribution in [0, 0.1) is 0 Å². The van der Waals surface area contributed by atoms with Gasteiger partial charge in [-0.25, -0.2) is 0 Å². The van der Waals surface area contributed by atoms with Gasteiger partial charge in [0, 0.05) is 11.4 Å². The number of hydrogen-bond donors (Lipinski definition) is 0. The van der Waals surface area contributed by atoms with Crippen molar-refractivity contribution in [2.75, 3.05) is 20.1 Å². The summed E-state index contributed by atoms with van der Waals surface area (Å²) in [5, 5.41) is 0. The third kappa shape index (κ3) is 3.49. The molecule has 0 aliphatic rings. The maximum atomic E-state index is 10.9. The van der Waals surface area contributed by atoms with Crippen molar-refractivity contribution >= 4 is 24.0 Å². The molecule has 0 aromatic heterocycles. The number of rotatable bonds is 6. The number of carbonyl (C=O) groups is 1. The number of methoxy groups -OCH3 is 2. The highest BCUT2D eigenvalue weighted by Crippen LogP contribution is 2.28. The van der Waals surface area contributed by atoms with E-state index >= 15 is 0 Å². The van der Waals surface area contributed by atoms with Gasteiger partial charge in [0.25, 0.3) is 0 Å². The summed E-state index contributed by atoms with van der Waals surface area (Å²) < 4.78 is 10.4. The average molecular weight is 255 g/mol. The molecule has 1 aromatic carbocycles. The van der Waals surface area contributed by atoms with Crippen LogP contribution < -0.4 is 9.47 Å². The second-order valence-electron chi connectivity index (χ2n) is 3.33. The summed E-state index contributed by atoms with van der Waals surface area (Å²) in [4.78, 5) is 10.9. The largest absolute Gasteiger partial charge is 0.496 e. The molecule has 0 spiro atoms. The molecular weight excluding hydrogens is 240 g/mol. The van der Waals surface area contributed by atoms with Gasteiger partial charge in [-0.3, -0.25) is 4.79 Å². The van der Waals surface area contributed by atoms with Gasteiger partial charge >= 0.3 is 0 Å². The molecule has 4 heteroatoms. The van der Waals surface area contributed by atoms with Crippen LogP contribution in [0.1, 0.15) is 22.3 Å². The Morgan fingerprint density at radius 2 is 1.76 bits per heavy atom. The zero-order valence-corrected chi connectivity index (χ0v) is 10.7. The van der Waals surface area contributed by atoms with Gasteiger partial charge < -0.3 is 9.47 Å². The monoisotopic (exact) mass is 254 g/mol. The first kappa shape index (κ1) is 13.6. The molecule has 0 bridgehead atoms. The quantitative estimate of drug-likeness (QED) is 0.578. The smallest absolute Gasteiger partial charge is 0.153 e. The average Bonchev–Trinajstić information content (AvgIpc) is 2.38. The molecule has 0 heterocycles. The molecule has 0 atom stereocenters. The van der Waals surface area contributed by atoms with Crippen LogP contribution >= 0.6 is 11.6 Å². The van der Waals surface area contributed by atoms with E-state index in [4.69, 9.17) is 21.1 Å². The predicted molar refractivity (Wildman–Crippen MR) is 69.3 cm³/mol. The van der Waals surface area contributed by atoms with E-state index in [1.165, 1.54) is 7.11 Å². The Morgan fingerprint density at radius 3 is 2.29 bits per heavy atom. The van der Waals surface area contributed by atoms with Gasteiger partial charge in [-0.15, -0.1) is 11.6 Å². The van der Waals surface area contributed by atoms with Gasteiger partial charge in [0.1, 0.15) is 11.5 Å². The normalized spacial score (nSPS) is 10.5. The van der Waals surface area contributed by atoms with Crippen LogP contribution in [0.3, 0.4) is 0 Å². The van der Waals surface area contributed by atoms with E-state index in [-0.39, 0.29) is 0 Å².